The molecule has 0 fully saturated rings. The third kappa shape index (κ3) is 6.62. The Morgan fingerprint density at radius 2 is 2.21 bits per heavy atom. The predicted molar refractivity (Wildman–Crippen MR) is 82.2 cm³/mol. The Kier molecular flexibility index (Phi) is 6.35. The molecule has 0 saturated heterocycles. The number of carbonyl (C=O) groups is 1. The Labute approximate surface area is 120 Å². The number of aromatic nitrogens is 1. The topological polar surface area (TPSA) is 42.0 Å². The van der Waals surface area contributed by atoms with E-state index in [1.807, 2.05) is 24.6 Å². The SMILES string of the molecule is CSCCC(=O)N[C@H](CC(C)(C)C)c1cccnc1. The lowest BCUT2D eigenvalue weighted by molar-refractivity contribution is -0.121. The molecule has 0 saturated carbocycles. The van der Waals surface area contributed by atoms with Gasteiger partial charge in [-0.1, -0.05) is 26.8 Å². The number of nitrogens with one attached hydrogen (secondary N) is 1. The molecule has 1 N–H and O–H groups in total. The maximum absolute atomic E-state index is 11.9. The van der Waals surface area contributed by atoms with E-state index in [-0.39, 0.29) is 17.4 Å². The second kappa shape index (κ2) is 7.53. The molecule has 19 heavy (non-hydrogen) atoms. The van der Waals surface area contributed by atoms with Gasteiger partial charge in [-0.3, -0.25) is 9.78 Å². The largest absolute Gasteiger partial charge is 0.349 e. The summed E-state index contributed by atoms with van der Waals surface area (Å²) in [6, 6.07) is 3.99. The number of rotatable bonds is 6. The summed E-state index contributed by atoms with van der Waals surface area (Å²) in [7, 11) is 0. The minimum atomic E-state index is 0.0445. The van der Waals surface area contributed by atoms with Gasteiger partial charge in [-0.25, -0.2) is 0 Å². The van der Waals surface area contributed by atoms with Crippen molar-refractivity contribution < 1.29 is 4.79 Å². The maximum atomic E-state index is 11.9. The van der Waals surface area contributed by atoms with Gasteiger partial charge in [0.15, 0.2) is 0 Å². The Morgan fingerprint density at radius 3 is 2.74 bits per heavy atom. The molecule has 1 atom stereocenters. The van der Waals surface area contributed by atoms with E-state index < -0.39 is 0 Å². The molecule has 0 aliphatic heterocycles. The van der Waals surface area contributed by atoms with Gasteiger partial charge < -0.3 is 5.32 Å². The molecule has 4 heteroatoms. The molecule has 0 radical (unpaired) electrons. The predicted octanol–water partition coefficient (Wildman–Crippen LogP) is 3.43. The molecular weight excluding hydrogens is 256 g/mol. The van der Waals surface area contributed by atoms with E-state index in [0.717, 1.165) is 17.7 Å². The molecule has 0 spiro atoms. The summed E-state index contributed by atoms with van der Waals surface area (Å²) in [6.45, 7) is 6.55. The molecule has 0 unspecified atom stereocenters. The number of amides is 1. The quantitative estimate of drug-likeness (QED) is 0.868. The number of thioether (sulfide) groups is 1. The second-order valence-corrected chi connectivity index (χ2v) is 6.90. The van der Waals surface area contributed by atoms with E-state index in [9.17, 15) is 4.79 Å². The Bertz CT molecular complexity index is 387. The van der Waals surface area contributed by atoms with Gasteiger partial charge in [-0.15, -0.1) is 0 Å². The molecule has 1 heterocycles. The van der Waals surface area contributed by atoms with Crippen LogP contribution in [0.2, 0.25) is 0 Å². The summed E-state index contributed by atoms with van der Waals surface area (Å²) in [5.41, 5.74) is 1.24. The van der Waals surface area contributed by atoms with Crippen molar-refractivity contribution >= 4 is 17.7 Å². The van der Waals surface area contributed by atoms with Crippen LogP contribution in [0.4, 0.5) is 0 Å². The van der Waals surface area contributed by atoms with E-state index in [2.05, 4.69) is 31.1 Å². The highest BCUT2D eigenvalue weighted by atomic mass is 32.2. The third-order valence-corrected chi connectivity index (χ3v) is 3.38. The van der Waals surface area contributed by atoms with Crippen LogP contribution in [0.3, 0.4) is 0 Å². The normalized spacial score (nSPS) is 13.1. The van der Waals surface area contributed by atoms with Crippen LogP contribution in [-0.4, -0.2) is 22.9 Å². The van der Waals surface area contributed by atoms with Crippen LogP contribution in [0.1, 0.15) is 45.2 Å². The van der Waals surface area contributed by atoms with E-state index in [0.29, 0.717) is 6.42 Å². The van der Waals surface area contributed by atoms with Crippen molar-refractivity contribution in [1.29, 1.82) is 0 Å². The second-order valence-electron chi connectivity index (χ2n) is 5.91. The molecule has 0 bridgehead atoms. The first-order chi connectivity index (χ1) is 8.92. The Morgan fingerprint density at radius 1 is 1.47 bits per heavy atom. The number of hydrogen-bond acceptors (Lipinski definition) is 3. The molecule has 1 rings (SSSR count). The van der Waals surface area contributed by atoms with Gasteiger partial charge in [0, 0.05) is 24.6 Å². The van der Waals surface area contributed by atoms with Crippen LogP contribution < -0.4 is 5.32 Å². The molecule has 3 nitrogen and oxygen atoms in total. The van der Waals surface area contributed by atoms with Crippen molar-refractivity contribution in [1.82, 2.24) is 10.3 Å². The zero-order valence-electron chi connectivity index (χ0n) is 12.3. The van der Waals surface area contributed by atoms with Crippen LogP contribution in [0.15, 0.2) is 24.5 Å². The lowest BCUT2D eigenvalue weighted by atomic mass is 9.86. The number of nitrogens with zero attached hydrogens (tertiary/aromatic N) is 1. The van der Waals surface area contributed by atoms with Crippen molar-refractivity contribution in [3.63, 3.8) is 0 Å². The van der Waals surface area contributed by atoms with Crippen molar-refractivity contribution in [2.45, 2.75) is 39.7 Å². The molecular formula is C15H24N2OS. The monoisotopic (exact) mass is 280 g/mol. The average Bonchev–Trinajstić information content (AvgIpc) is 2.35. The van der Waals surface area contributed by atoms with Gasteiger partial charge in [0.25, 0.3) is 0 Å². The highest BCUT2D eigenvalue weighted by Crippen LogP contribution is 2.29. The fraction of sp³-hybridized carbons (Fsp3) is 0.600. The summed E-state index contributed by atoms with van der Waals surface area (Å²) in [6.07, 6.45) is 7.09. The van der Waals surface area contributed by atoms with E-state index in [1.54, 1.807) is 18.0 Å². The molecule has 0 aliphatic rings. The molecule has 1 aromatic heterocycles. The minimum absolute atomic E-state index is 0.0445. The molecule has 1 amide bonds. The summed E-state index contributed by atoms with van der Waals surface area (Å²) in [5, 5.41) is 3.13. The maximum Gasteiger partial charge on any atom is 0.221 e. The first-order valence-corrected chi connectivity index (χ1v) is 8.00. The standard InChI is InChI=1S/C15H24N2OS/c1-15(2,3)10-13(12-6-5-8-16-11-12)17-14(18)7-9-19-4/h5-6,8,11,13H,7,9-10H2,1-4H3,(H,17,18)/t13-/m1/s1. The van der Waals surface area contributed by atoms with Gasteiger partial charge in [-0.2, -0.15) is 11.8 Å². The van der Waals surface area contributed by atoms with Crippen molar-refractivity contribution in [3.8, 4) is 0 Å². The van der Waals surface area contributed by atoms with Gasteiger partial charge in [0.05, 0.1) is 6.04 Å². The Hall–Kier alpha value is -1.03. The highest BCUT2D eigenvalue weighted by molar-refractivity contribution is 7.98. The lowest BCUT2D eigenvalue weighted by Gasteiger charge is -2.27. The van der Waals surface area contributed by atoms with Gasteiger partial charge in [0.2, 0.25) is 5.91 Å². The van der Waals surface area contributed by atoms with Crippen LogP contribution in [-0.2, 0) is 4.79 Å². The summed E-state index contributed by atoms with van der Waals surface area (Å²) >= 11 is 1.69. The van der Waals surface area contributed by atoms with Gasteiger partial charge in [0.1, 0.15) is 0 Å². The van der Waals surface area contributed by atoms with E-state index in [4.69, 9.17) is 0 Å². The molecule has 0 aliphatic carbocycles. The van der Waals surface area contributed by atoms with Crippen LogP contribution >= 0.6 is 11.8 Å². The van der Waals surface area contributed by atoms with Gasteiger partial charge >= 0.3 is 0 Å². The highest BCUT2D eigenvalue weighted by Gasteiger charge is 2.21. The Balaban J connectivity index is 2.73. The number of carbonyl (C=O) groups excluding carboxylic acids is 1. The minimum Gasteiger partial charge on any atom is -0.349 e. The molecule has 1 aromatic rings. The first-order valence-electron chi connectivity index (χ1n) is 6.60. The van der Waals surface area contributed by atoms with Crippen LogP contribution in [0, 0.1) is 5.41 Å². The fourth-order valence-electron chi connectivity index (χ4n) is 1.91. The average molecular weight is 280 g/mol. The molecule has 0 aromatic carbocycles. The fourth-order valence-corrected chi connectivity index (χ4v) is 2.30. The number of pyridine rings is 1. The number of hydrogen-bond donors (Lipinski definition) is 1. The van der Waals surface area contributed by atoms with Crippen molar-refractivity contribution in [2.75, 3.05) is 12.0 Å². The molecule has 106 valence electrons. The van der Waals surface area contributed by atoms with Crippen molar-refractivity contribution in [2.24, 2.45) is 5.41 Å². The van der Waals surface area contributed by atoms with E-state index in [1.165, 1.54) is 0 Å². The zero-order valence-corrected chi connectivity index (χ0v) is 13.1. The zero-order chi connectivity index (χ0) is 14.3. The first kappa shape index (κ1) is 16.0. The smallest absolute Gasteiger partial charge is 0.221 e. The summed E-state index contributed by atoms with van der Waals surface area (Å²) in [4.78, 5) is 16.1. The summed E-state index contributed by atoms with van der Waals surface area (Å²) < 4.78 is 0. The van der Waals surface area contributed by atoms with Crippen LogP contribution in [0.25, 0.3) is 0 Å². The van der Waals surface area contributed by atoms with Gasteiger partial charge in [-0.05, 0) is 29.7 Å². The lowest BCUT2D eigenvalue weighted by Crippen LogP contribution is -2.31. The summed E-state index contributed by atoms with van der Waals surface area (Å²) in [5.74, 6) is 0.980. The van der Waals surface area contributed by atoms with Crippen molar-refractivity contribution in [3.05, 3.63) is 30.1 Å². The van der Waals surface area contributed by atoms with Crippen LogP contribution in [0.5, 0.6) is 0 Å². The third-order valence-electron chi connectivity index (χ3n) is 2.77. The van der Waals surface area contributed by atoms with E-state index >= 15 is 0 Å².